The summed E-state index contributed by atoms with van der Waals surface area (Å²) in [5.74, 6) is -1.35. The van der Waals surface area contributed by atoms with Gasteiger partial charge in [0.15, 0.2) is 11.5 Å². The molecule has 0 atom stereocenters. The molecular weight excluding hydrogens is 634 g/mol. The average molecular weight is 660 g/mol. The summed E-state index contributed by atoms with van der Waals surface area (Å²) < 4.78 is 54.8. The third-order valence-corrected chi connectivity index (χ3v) is 7.98. The molecule has 0 amide bonds. The molecule has 1 aromatic carbocycles. The fourth-order valence-electron chi connectivity index (χ4n) is 5.67. The maximum absolute atomic E-state index is 14.5. The molecule has 0 saturated carbocycles. The van der Waals surface area contributed by atoms with E-state index in [1.807, 2.05) is 61.6 Å². The molecule has 0 spiro atoms. The molecule has 0 fully saturated rings. The van der Waals surface area contributed by atoms with Gasteiger partial charge in [0, 0.05) is 39.9 Å². The quantitative estimate of drug-likeness (QED) is 0.153. The highest BCUT2D eigenvalue weighted by atomic mass is 19.4. The lowest BCUT2D eigenvalue weighted by Gasteiger charge is -2.24. The molecule has 9 nitrogen and oxygen atoms in total. The lowest BCUT2D eigenvalue weighted by Crippen LogP contribution is -2.31. The summed E-state index contributed by atoms with van der Waals surface area (Å²) in [6, 6.07) is 19.9. The van der Waals surface area contributed by atoms with Gasteiger partial charge in [0.05, 0.1) is 33.9 Å². The van der Waals surface area contributed by atoms with Gasteiger partial charge in [-0.25, -0.2) is 14.4 Å². The Hall–Kier alpha value is -6.50. The zero-order valence-corrected chi connectivity index (χ0v) is 25.7. The van der Waals surface area contributed by atoms with Crippen LogP contribution in [0.4, 0.5) is 23.2 Å². The summed E-state index contributed by atoms with van der Waals surface area (Å²) in [6.45, 7) is 1.90. The molecule has 0 radical (unpaired) electrons. The van der Waals surface area contributed by atoms with Gasteiger partial charge in [-0.2, -0.15) is 13.2 Å². The zero-order valence-electron chi connectivity index (χ0n) is 25.7. The number of alkyl halides is 3. The minimum absolute atomic E-state index is 0.216. The van der Waals surface area contributed by atoms with Gasteiger partial charge in [-0.15, -0.1) is 10.2 Å². The molecule has 3 N–H and O–H groups in total. The highest BCUT2D eigenvalue weighted by Crippen LogP contribution is 2.36. The van der Waals surface area contributed by atoms with Crippen molar-refractivity contribution < 1.29 is 17.6 Å². The van der Waals surface area contributed by atoms with E-state index in [1.165, 1.54) is 16.8 Å². The van der Waals surface area contributed by atoms with E-state index in [4.69, 9.17) is 0 Å². The molecule has 8 bridgehead atoms. The van der Waals surface area contributed by atoms with Crippen LogP contribution in [-0.2, 0) is 6.18 Å². The molecule has 0 unspecified atom stereocenters. The molecule has 3 aliphatic rings. The maximum atomic E-state index is 14.5. The van der Waals surface area contributed by atoms with E-state index in [0.29, 0.717) is 11.1 Å². The third-order valence-electron chi connectivity index (χ3n) is 7.98. The SMILES string of the molecule is C1=Cc2cc3ccc(cc4nc(cc5ccc(cc1n2)[nH]5)C=C4)[nH]3.CC1=CNN(c2cc3ccc(C(F)(F)F)c(F)c3n3cnnc23)C=C1. The Balaban J connectivity index is 0.000000142. The van der Waals surface area contributed by atoms with Gasteiger partial charge in [0.2, 0.25) is 0 Å². The van der Waals surface area contributed by atoms with Crippen molar-refractivity contribution in [3.8, 4) is 0 Å². The topological polar surface area (TPSA) is 103 Å². The fourth-order valence-corrected chi connectivity index (χ4v) is 5.67. The van der Waals surface area contributed by atoms with Crippen molar-refractivity contribution in [3.05, 3.63) is 131 Å². The third kappa shape index (κ3) is 5.93. The first-order valence-electron chi connectivity index (χ1n) is 15.1. The summed E-state index contributed by atoms with van der Waals surface area (Å²) in [5, 5.41) is 9.58. The van der Waals surface area contributed by atoms with E-state index in [9.17, 15) is 17.6 Å². The number of nitrogens with one attached hydrogen (secondary N) is 3. The maximum Gasteiger partial charge on any atom is 0.419 e. The number of H-pyrrole nitrogens is 2. The van der Waals surface area contributed by atoms with E-state index in [-0.39, 0.29) is 11.2 Å². The van der Waals surface area contributed by atoms with Crippen LogP contribution in [0.5, 0.6) is 0 Å². The number of hydrazine groups is 1. The Morgan fingerprint density at radius 3 is 1.73 bits per heavy atom. The van der Waals surface area contributed by atoms with Crippen LogP contribution in [-0.4, -0.2) is 34.5 Å². The van der Waals surface area contributed by atoms with Gasteiger partial charge in [-0.05, 0) is 104 Å². The van der Waals surface area contributed by atoms with Crippen molar-refractivity contribution in [2.45, 2.75) is 13.1 Å². The van der Waals surface area contributed by atoms with Crippen LogP contribution < -0.4 is 10.4 Å². The van der Waals surface area contributed by atoms with Crippen molar-refractivity contribution in [3.63, 3.8) is 0 Å². The van der Waals surface area contributed by atoms with E-state index in [2.05, 4.69) is 59.8 Å². The van der Waals surface area contributed by atoms with Crippen LogP contribution in [0, 0.1) is 5.82 Å². The lowest BCUT2D eigenvalue weighted by molar-refractivity contribution is -0.139. The van der Waals surface area contributed by atoms with Crippen LogP contribution in [0.2, 0.25) is 0 Å². The van der Waals surface area contributed by atoms with Crippen molar-refractivity contribution >= 4 is 68.6 Å². The molecule has 5 aromatic heterocycles. The fraction of sp³-hybridized carbons (Fsp3) is 0.0556. The highest BCUT2D eigenvalue weighted by Gasteiger charge is 2.35. The molecule has 3 aliphatic heterocycles. The van der Waals surface area contributed by atoms with Crippen LogP contribution >= 0.6 is 0 Å². The van der Waals surface area contributed by atoms with Crippen molar-refractivity contribution in [1.82, 2.24) is 40.0 Å². The first-order valence-corrected chi connectivity index (χ1v) is 15.1. The number of pyridine rings is 1. The Morgan fingerprint density at radius 2 is 1.24 bits per heavy atom. The van der Waals surface area contributed by atoms with E-state index in [1.54, 1.807) is 23.5 Å². The predicted molar refractivity (Wildman–Crippen MR) is 183 cm³/mol. The van der Waals surface area contributed by atoms with Crippen LogP contribution in [0.3, 0.4) is 0 Å². The second-order valence-corrected chi connectivity index (χ2v) is 11.5. The number of rotatable bonds is 1. The monoisotopic (exact) mass is 659 g/mol. The average Bonchev–Trinajstić information content (AvgIpc) is 3.91. The Labute approximate surface area is 275 Å². The first-order chi connectivity index (χ1) is 23.7. The molecule has 6 aromatic rings. The molecular formula is C36H25F4N9. The molecule has 0 aliphatic carbocycles. The summed E-state index contributed by atoms with van der Waals surface area (Å²) in [4.78, 5) is 16.0. The Bertz CT molecular complexity index is 2390. The number of hydrogen-bond acceptors (Lipinski definition) is 6. The van der Waals surface area contributed by atoms with E-state index >= 15 is 0 Å². The standard InChI is InChI=1S/C20H14N4.C16H11F4N5/c1-2-14-10-16-5-6-18(23-16)12-20-8-7-19(24-20)11-17-4-3-15(22-17)9-13(1)21-14;1-9-4-5-25(22-7-9)12-6-10-2-3-11(16(18,19)20)13(17)14(10)24-8-21-23-15(12)24/h1-12,21,24H;2-8,22H,1H3. The number of anilines is 1. The van der Waals surface area contributed by atoms with Crippen molar-refractivity contribution in [2.24, 2.45) is 0 Å². The number of nitrogens with zero attached hydrogens (tertiary/aromatic N) is 6. The molecule has 242 valence electrons. The Morgan fingerprint density at radius 1 is 0.694 bits per heavy atom. The van der Waals surface area contributed by atoms with Crippen LogP contribution in [0.1, 0.15) is 35.3 Å². The number of allylic oxidation sites excluding steroid dienone is 2. The normalized spacial score (nSPS) is 13.8. The van der Waals surface area contributed by atoms with E-state index < -0.39 is 17.6 Å². The number of halogens is 4. The smallest absolute Gasteiger partial charge is 0.355 e. The summed E-state index contributed by atoms with van der Waals surface area (Å²) in [5.41, 5.74) is 11.1. The van der Waals surface area contributed by atoms with Gasteiger partial charge in [-0.3, -0.25) is 9.41 Å². The summed E-state index contributed by atoms with van der Waals surface area (Å²) in [6.07, 6.45) is 9.85. The summed E-state index contributed by atoms with van der Waals surface area (Å²) >= 11 is 0. The molecule has 0 saturated heterocycles. The molecule has 8 heterocycles. The molecule has 9 rings (SSSR count). The van der Waals surface area contributed by atoms with Crippen molar-refractivity contribution in [2.75, 3.05) is 5.01 Å². The number of benzene rings is 1. The number of hydrogen-bond donors (Lipinski definition) is 3. The van der Waals surface area contributed by atoms with Crippen LogP contribution in [0.15, 0.2) is 97.1 Å². The van der Waals surface area contributed by atoms with Gasteiger partial charge in [0.1, 0.15) is 12.0 Å². The van der Waals surface area contributed by atoms with E-state index in [0.717, 1.165) is 56.5 Å². The first kappa shape index (κ1) is 29.9. The second-order valence-electron chi connectivity index (χ2n) is 11.5. The minimum Gasteiger partial charge on any atom is -0.355 e. The van der Waals surface area contributed by atoms with Crippen molar-refractivity contribution in [1.29, 1.82) is 0 Å². The molecule has 49 heavy (non-hydrogen) atoms. The number of aromatic nitrogens is 7. The summed E-state index contributed by atoms with van der Waals surface area (Å²) in [7, 11) is 0. The van der Waals surface area contributed by atoms with Crippen LogP contribution in [0.25, 0.3) is 62.9 Å². The lowest BCUT2D eigenvalue weighted by atomic mass is 10.1. The zero-order chi connectivity index (χ0) is 33.7. The Kier molecular flexibility index (Phi) is 7.09. The predicted octanol–water partition coefficient (Wildman–Crippen LogP) is 8.44. The van der Waals surface area contributed by atoms with Gasteiger partial charge >= 0.3 is 6.18 Å². The minimum atomic E-state index is -4.78. The highest BCUT2D eigenvalue weighted by molar-refractivity contribution is 5.90. The van der Waals surface area contributed by atoms with Gasteiger partial charge in [-0.1, -0.05) is 6.07 Å². The number of aromatic amines is 2. The molecule has 13 heteroatoms. The number of fused-ring (bicyclic) bond motifs is 11. The van der Waals surface area contributed by atoms with Gasteiger partial charge < -0.3 is 15.4 Å². The second kappa shape index (κ2) is 11.6. The van der Waals surface area contributed by atoms with Gasteiger partial charge in [0.25, 0.3) is 0 Å². The largest absolute Gasteiger partial charge is 0.419 e.